The van der Waals surface area contributed by atoms with Gasteiger partial charge in [0.15, 0.2) is 0 Å². The van der Waals surface area contributed by atoms with Crippen LogP contribution in [0.25, 0.3) is 0 Å². The molecule has 5 heteroatoms. The molecule has 1 N–H and O–H groups in total. The van der Waals surface area contributed by atoms with Crippen molar-refractivity contribution in [2.45, 2.75) is 38.0 Å². The summed E-state index contributed by atoms with van der Waals surface area (Å²) in [7, 11) is 0. The van der Waals surface area contributed by atoms with Gasteiger partial charge >= 0.3 is 0 Å². The summed E-state index contributed by atoms with van der Waals surface area (Å²) in [6.07, 6.45) is 4.07. The average molecular weight is 287 g/mol. The second-order valence-electron chi connectivity index (χ2n) is 4.97. The Morgan fingerprint density at radius 2 is 2.28 bits per heavy atom. The third kappa shape index (κ3) is 4.61. The van der Waals surface area contributed by atoms with Crippen molar-refractivity contribution in [3.8, 4) is 0 Å². The van der Waals surface area contributed by atoms with Crippen molar-refractivity contribution < 1.29 is 4.55 Å². The fourth-order valence-corrected chi connectivity index (χ4v) is 2.31. The van der Waals surface area contributed by atoms with Crippen LogP contribution >= 0.6 is 11.6 Å². The molecule has 1 aromatic heterocycles. The highest BCUT2D eigenvalue weighted by Crippen LogP contribution is 2.23. The Balaban J connectivity index is 2.86. The summed E-state index contributed by atoms with van der Waals surface area (Å²) < 4.78 is 14.9. The molecule has 0 aliphatic heterocycles. The third-order valence-corrected chi connectivity index (χ3v) is 4.15. The molecular weight excluding hydrogens is 268 g/mol. The third-order valence-electron chi connectivity index (χ3n) is 2.31. The first-order chi connectivity index (χ1) is 8.34. The van der Waals surface area contributed by atoms with Gasteiger partial charge in [-0.1, -0.05) is 17.7 Å². The van der Waals surface area contributed by atoms with Gasteiger partial charge in [0.2, 0.25) is 0 Å². The summed E-state index contributed by atoms with van der Waals surface area (Å²) >= 11 is 4.79. The summed E-state index contributed by atoms with van der Waals surface area (Å²) in [5, 5.41) is 0.623. The van der Waals surface area contributed by atoms with Gasteiger partial charge in [0, 0.05) is 22.6 Å². The van der Waals surface area contributed by atoms with Crippen LogP contribution in [0.5, 0.6) is 0 Å². The molecule has 1 rings (SSSR count). The second-order valence-corrected chi connectivity index (χ2v) is 7.41. The first-order valence-corrected chi connectivity index (χ1v) is 7.27. The van der Waals surface area contributed by atoms with Gasteiger partial charge in [-0.25, -0.2) is 0 Å². The molecule has 3 nitrogen and oxygen atoms in total. The SMILES string of the molecule is C=CCC(N[S@+]([O-])C(C)(C)C)c1cc(Cl)ccn1. The number of hydrogen-bond acceptors (Lipinski definition) is 3. The summed E-state index contributed by atoms with van der Waals surface area (Å²) in [6, 6.07) is 3.36. The fourth-order valence-electron chi connectivity index (χ4n) is 1.31. The number of rotatable bonds is 5. The van der Waals surface area contributed by atoms with Gasteiger partial charge in [0.25, 0.3) is 0 Å². The molecule has 1 unspecified atom stereocenters. The molecule has 0 radical (unpaired) electrons. The van der Waals surface area contributed by atoms with Crippen molar-refractivity contribution in [2.24, 2.45) is 0 Å². The summed E-state index contributed by atoms with van der Waals surface area (Å²) in [4.78, 5) is 4.26. The van der Waals surface area contributed by atoms with E-state index in [-0.39, 0.29) is 10.8 Å². The zero-order chi connectivity index (χ0) is 13.8. The van der Waals surface area contributed by atoms with E-state index in [2.05, 4.69) is 16.3 Å². The highest BCUT2D eigenvalue weighted by Gasteiger charge is 2.29. The molecule has 0 aliphatic rings. The molecule has 0 fully saturated rings. The van der Waals surface area contributed by atoms with Crippen LogP contribution < -0.4 is 4.72 Å². The van der Waals surface area contributed by atoms with E-state index >= 15 is 0 Å². The van der Waals surface area contributed by atoms with Crippen molar-refractivity contribution in [1.82, 2.24) is 9.71 Å². The van der Waals surface area contributed by atoms with Crippen LogP contribution in [0.4, 0.5) is 0 Å². The van der Waals surface area contributed by atoms with E-state index in [1.165, 1.54) is 0 Å². The largest absolute Gasteiger partial charge is 0.598 e. The normalized spacial score (nSPS) is 15.2. The molecule has 0 amide bonds. The smallest absolute Gasteiger partial charge is 0.136 e. The molecule has 0 aliphatic carbocycles. The van der Waals surface area contributed by atoms with Gasteiger partial charge in [-0.2, -0.15) is 0 Å². The minimum Gasteiger partial charge on any atom is -0.598 e. The van der Waals surface area contributed by atoms with E-state index in [9.17, 15) is 4.55 Å². The predicted molar refractivity (Wildman–Crippen MR) is 77.8 cm³/mol. The lowest BCUT2D eigenvalue weighted by molar-refractivity contribution is 0.521. The molecule has 18 heavy (non-hydrogen) atoms. The van der Waals surface area contributed by atoms with Crippen LogP contribution in [0, 0.1) is 0 Å². The Morgan fingerprint density at radius 3 is 2.78 bits per heavy atom. The van der Waals surface area contributed by atoms with Crippen LogP contribution in [0.1, 0.15) is 38.9 Å². The number of pyridine rings is 1. The molecule has 100 valence electrons. The van der Waals surface area contributed by atoms with Crippen molar-refractivity contribution >= 4 is 23.0 Å². The minimum atomic E-state index is -1.16. The molecule has 0 spiro atoms. The van der Waals surface area contributed by atoms with Gasteiger partial charge in [-0.15, -0.1) is 11.3 Å². The molecule has 0 aromatic carbocycles. The Labute approximate surface area is 117 Å². The van der Waals surface area contributed by atoms with Crippen LogP contribution in [0.3, 0.4) is 0 Å². The van der Waals surface area contributed by atoms with Crippen LogP contribution in [-0.4, -0.2) is 14.3 Å². The van der Waals surface area contributed by atoms with Crippen molar-refractivity contribution in [3.05, 3.63) is 41.7 Å². The Kier molecular flexibility index (Phi) is 5.66. The Hall–Kier alpha value is -0.550. The van der Waals surface area contributed by atoms with Gasteiger partial charge in [0.1, 0.15) is 4.75 Å². The van der Waals surface area contributed by atoms with Crippen molar-refractivity contribution in [2.75, 3.05) is 0 Å². The molecular formula is C13H19ClN2OS. The van der Waals surface area contributed by atoms with Crippen LogP contribution in [-0.2, 0) is 11.4 Å². The van der Waals surface area contributed by atoms with E-state index in [0.29, 0.717) is 11.4 Å². The van der Waals surface area contributed by atoms with Gasteiger partial charge in [0.05, 0.1) is 11.7 Å². The Morgan fingerprint density at radius 1 is 1.61 bits per heavy atom. The summed E-state index contributed by atoms with van der Waals surface area (Å²) in [6.45, 7) is 9.49. The number of aromatic nitrogens is 1. The van der Waals surface area contributed by atoms with Gasteiger partial charge in [-0.3, -0.25) is 4.98 Å². The standard InChI is InChI=1S/C13H19ClN2OS/c1-5-6-11(16-18(17)13(2,3)4)12-9-10(14)7-8-15-12/h5,7-9,11,16H,1,6H2,2-4H3/t11?,18-/m1/s1. The maximum Gasteiger partial charge on any atom is 0.136 e. The maximum absolute atomic E-state index is 12.1. The van der Waals surface area contributed by atoms with Crippen molar-refractivity contribution in [1.29, 1.82) is 0 Å². The molecule has 0 saturated heterocycles. The lowest BCUT2D eigenvalue weighted by Gasteiger charge is -2.27. The zero-order valence-corrected chi connectivity index (χ0v) is 12.5. The minimum absolute atomic E-state index is 0.138. The summed E-state index contributed by atoms with van der Waals surface area (Å²) in [5.41, 5.74) is 0.778. The molecule has 1 heterocycles. The number of halogens is 1. The summed E-state index contributed by atoms with van der Waals surface area (Å²) in [5.74, 6) is 0. The lowest BCUT2D eigenvalue weighted by Crippen LogP contribution is -2.41. The topological polar surface area (TPSA) is 48.0 Å². The van der Waals surface area contributed by atoms with E-state index in [1.54, 1.807) is 24.4 Å². The number of nitrogens with zero attached hydrogens (tertiary/aromatic N) is 1. The van der Waals surface area contributed by atoms with E-state index in [0.717, 1.165) is 5.69 Å². The monoisotopic (exact) mass is 286 g/mol. The molecule has 0 bridgehead atoms. The van der Waals surface area contributed by atoms with Crippen LogP contribution in [0.2, 0.25) is 5.02 Å². The molecule has 0 saturated carbocycles. The molecule has 2 atom stereocenters. The van der Waals surface area contributed by atoms with Crippen LogP contribution in [0.15, 0.2) is 31.0 Å². The lowest BCUT2D eigenvalue weighted by atomic mass is 10.1. The highest BCUT2D eigenvalue weighted by atomic mass is 35.5. The van der Waals surface area contributed by atoms with E-state index < -0.39 is 11.4 Å². The zero-order valence-electron chi connectivity index (χ0n) is 10.9. The first kappa shape index (κ1) is 15.5. The van der Waals surface area contributed by atoms with E-state index in [1.807, 2.05) is 20.8 Å². The van der Waals surface area contributed by atoms with Gasteiger partial charge in [-0.05, 0) is 39.3 Å². The Bertz CT molecular complexity index is 406. The maximum atomic E-state index is 12.1. The average Bonchev–Trinajstić information content (AvgIpc) is 2.27. The highest BCUT2D eigenvalue weighted by molar-refractivity contribution is 7.90. The second kappa shape index (κ2) is 6.57. The fraction of sp³-hybridized carbons (Fsp3) is 0.462. The van der Waals surface area contributed by atoms with Crippen molar-refractivity contribution in [3.63, 3.8) is 0 Å². The van der Waals surface area contributed by atoms with E-state index in [4.69, 9.17) is 11.6 Å². The predicted octanol–water partition coefficient (Wildman–Crippen LogP) is 3.40. The quantitative estimate of drug-likeness (QED) is 0.666. The number of nitrogens with one attached hydrogen (secondary N) is 1. The molecule has 1 aromatic rings. The van der Waals surface area contributed by atoms with Gasteiger partial charge < -0.3 is 4.55 Å². The number of hydrogen-bond donors (Lipinski definition) is 1. The first-order valence-electron chi connectivity index (χ1n) is 5.75.